The van der Waals surface area contributed by atoms with E-state index in [0.717, 1.165) is 0 Å². The van der Waals surface area contributed by atoms with Gasteiger partial charge in [-0.15, -0.1) is 0 Å². The van der Waals surface area contributed by atoms with Crippen LogP contribution in [0.25, 0.3) is 0 Å². The van der Waals surface area contributed by atoms with Crippen LogP contribution in [0.4, 0.5) is 11.4 Å². The predicted octanol–water partition coefficient (Wildman–Crippen LogP) is 5.05. The molecule has 0 radical (unpaired) electrons. The van der Waals surface area contributed by atoms with Gasteiger partial charge in [-0.05, 0) is 48.5 Å². The second kappa shape index (κ2) is 15.3. The minimum Gasteiger partial charge on any atom is -0.426 e. The molecule has 4 rings (SSSR count). The van der Waals surface area contributed by atoms with E-state index in [-0.39, 0.29) is 21.5 Å². The molecule has 0 saturated heterocycles. The van der Waals surface area contributed by atoms with Gasteiger partial charge in [0.1, 0.15) is 27.9 Å². The fraction of sp³-hybridized carbons (Fsp3) is 0.0909. The van der Waals surface area contributed by atoms with Crippen LogP contribution in [0.3, 0.4) is 0 Å². The molecule has 0 saturated carbocycles. The number of rotatable bonds is 8. The number of carbonyl (C=O) groups excluding carboxylic acids is 4. The van der Waals surface area contributed by atoms with Gasteiger partial charge in [0.25, 0.3) is 0 Å². The van der Waals surface area contributed by atoms with Crippen LogP contribution in [0.5, 0.6) is 11.5 Å². The van der Waals surface area contributed by atoms with Crippen LogP contribution in [0.1, 0.15) is 31.4 Å². The Balaban J connectivity index is 1.56. The molecule has 0 aliphatic rings. The topological polar surface area (TPSA) is 117 Å². The Bertz CT molecular complexity index is 1610. The lowest BCUT2D eigenvalue weighted by Crippen LogP contribution is -2.50. The number of nitrogens with one attached hydrogen (secondary N) is 2. The van der Waals surface area contributed by atoms with Gasteiger partial charge in [-0.1, -0.05) is 85.1 Å². The third kappa shape index (κ3) is 8.78. The van der Waals surface area contributed by atoms with Crippen molar-refractivity contribution >= 4 is 69.5 Å². The normalized spacial score (nSPS) is 10.2. The molecule has 0 aromatic heterocycles. The van der Waals surface area contributed by atoms with Crippen LogP contribution in [-0.2, 0) is 19.2 Å². The smallest absolute Gasteiger partial charge is 0.308 e. The number of amides is 2. The van der Waals surface area contributed by atoms with Gasteiger partial charge in [0.15, 0.2) is 0 Å². The summed E-state index contributed by atoms with van der Waals surface area (Å²) < 4.78 is 10.6. The largest absolute Gasteiger partial charge is 0.426 e. The van der Waals surface area contributed by atoms with Crippen LogP contribution in [0.15, 0.2) is 109 Å². The van der Waals surface area contributed by atoms with E-state index in [1.54, 1.807) is 109 Å². The van der Waals surface area contributed by atoms with Crippen molar-refractivity contribution in [1.82, 2.24) is 10.9 Å². The molecule has 2 N–H and O–H groups in total. The van der Waals surface area contributed by atoms with Crippen LogP contribution in [0.2, 0.25) is 0 Å². The van der Waals surface area contributed by atoms with Crippen molar-refractivity contribution in [2.45, 2.75) is 20.3 Å². The Morgan fingerprint density at radius 3 is 1.24 bits per heavy atom. The van der Waals surface area contributed by atoms with Gasteiger partial charge in [0, 0.05) is 13.8 Å². The van der Waals surface area contributed by atoms with Gasteiger partial charge in [0.05, 0.1) is 22.5 Å². The SMILES string of the molecule is CC(=O)Oc1ccccc1C(=S)N(NC(=O)CC(=O)NN(C(=S)c1ccccc1OC(C)=O)c1ccccc1)c1ccccc1. The summed E-state index contributed by atoms with van der Waals surface area (Å²) in [6.45, 7) is 2.54. The standard InChI is InChI=1S/C33H28N4O6S2/c1-22(38)42-28-19-11-9-17-26(28)32(44)36(24-13-5-3-6-14-24)34-30(40)21-31(41)35-37(25-15-7-4-8-16-25)33(45)27-18-10-12-20-29(27)43-23(2)39/h3-20H,21H2,1-2H3,(H,34,40)(H,35,41). The number of para-hydroxylation sites is 4. The van der Waals surface area contributed by atoms with E-state index in [1.165, 1.54) is 23.9 Å². The van der Waals surface area contributed by atoms with Crippen LogP contribution in [0, 0.1) is 0 Å². The molecule has 0 fully saturated rings. The first-order valence-electron chi connectivity index (χ1n) is 13.6. The highest BCUT2D eigenvalue weighted by molar-refractivity contribution is 7.81. The molecule has 10 nitrogen and oxygen atoms in total. The third-order valence-electron chi connectivity index (χ3n) is 5.97. The summed E-state index contributed by atoms with van der Waals surface area (Å²) in [5.41, 5.74) is 7.14. The van der Waals surface area contributed by atoms with Gasteiger partial charge in [-0.25, -0.2) is 10.0 Å². The Labute approximate surface area is 270 Å². The number of hydrazine groups is 2. The van der Waals surface area contributed by atoms with E-state index in [9.17, 15) is 19.2 Å². The molecule has 2 amide bonds. The average Bonchev–Trinajstić information content (AvgIpc) is 3.02. The Morgan fingerprint density at radius 2 is 0.889 bits per heavy atom. The number of esters is 2. The molecular weight excluding hydrogens is 613 g/mol. The lowest BCUT2D eigenvalue weighted by atomic mass is 10.2. The molecule has 4 aromatic rings. The number of hydrogen-bond donors (Lipinski definition) is 2. The number of nitrogens with zero attached hydrogens (tertiary/aromatic N) is 2. The maximum Gasteiger partial charge on any atom is 0.308 e. The summed E-state index contributed by atoms with van der Waals surface area (Å²) >= 11 is 11.4. The van der Waals surface area contributed by atoms with E-state index in [4.69, 9.17) is 33.9 Å². The minimum absolute atomic E-state index is 0.126. The van der Waals surface area contributed by atoms with Gasteiger partial charge in [0.2, 0.25) is 11.8 Å². The van der Waals surface area contributed by atoms with Gasteiger partial charge in [-0.2, -0.15) is 0 Å². The summed E-state index contributed by atoms with van der Waals surface area (Å²) in [6.07, 6.45) is -0.616. The Morgan fingerprint density at radius 1 is 0.556 bits per heavy atom. The second-order valence-corrected chi connectivity index (χ2v) is 10.2. The first kappa shape index (κ1) is 32.5. The van der Waals surface area contributed by atoms with Gasteiger partial charge >= 0.3 is 11.9 Å². The summed E-state index contributed by atoms with van der Waals surface area (Å²) in [5, 5.41) is 2.67. The highest BCUT2D eigenvalue weighted by atomic mass is 32.1. The van der Waals surface area contributed by atoms with E-state index in [2.05, 4.69) is 10.9 Å². The van der Waals surface area contributed by atoms with Gasteiger partial charge < -0.3 is 9.47 Å². The summed E-state index contributed by atoms with van der Waals surface area (Å²) in [6, 6.07) is 30.8. The van der Waals surface area contributed by atoms with E-state index in [1.807, 2.05) is 0 Å². The molecule has 4 aromatic carbocycles. The van der Waals surface area contributed by atoms with Crippen molar-refractivity contribution in [3.63, 3.8) is 0 Å². The van der Waals surface area contributed by atoms with Crippen molar-refractivity contribution in [2.75, 3.05) is 10.0 Å². The molecule has 0 unspecified atom stereocenters. The first-order valence-corrected chi connectivity index (χ1v) is 14.4. The first-order chi connectivity index (χ1) is 21.6. The zero-order valence-electron chi connectivity index (χ0n) is 24.3. The number of carbonyl (C=O) groups is 4. The molecular formula is C33H28N4O6S2. The average molecular weight is 641 g/mol. The van der Waals surface area contributed by atoms with Gasteiger partial charge in [-0.3, -0.25) is 30.0 Å². The van der Waals surface area contributed by atoms with E-state index in [0.29, 0.717) is 22.5 Å². The van der Waals surface area contributed by atoms with Crippen LogP contribution >= 0.6 is 24.4 Å². The third-order valence-corrected chi connectivity index (χ3v) is 6.78. The van der Waals surface area contributed by atoms with Crippen LogP contribution < -0.4 is 30.3 Å². The number of thiocarbonyl (C=S) groups is 2. The van der Waals surface area contributed by atoms with Crippen molar-refractivity contribution in [2.24, 2.45) is 0 Å². The molecule has 12 heteroatoms. The van der Waals surface area contributed by atoms with Crippen molar-refractivity contribution in [3.05, 3.63) is 120 Å². The summed E-state index contributed by atoms with van der Waals surface area (Å²) in [7, 11) is 0. The Kier molecular flexibility index (Phi) is 11.0. The number of anilines is 2. The molecule has 0 atom stereocenters. The van der Waals surface area contributed by atoms with E-state index < -0.39 is 30.2 Å². The highest BCUT2D eigenvalue weighted by Crippen LogP contribution is 2.25. The summed E-state index contributed by atoms with van der Waals surface area (Å²) in [4.78, 5) is 50.2. The van der Waals surface area contributed by atoms with E-state index >= 15 is 0 Å². The van der Waals surface area contributed by atoms with Crippen molar-refractivity contribution in [3.8, 4) is 11.5 Å². The molecule has 228 valence electrons. The molecule has 45 heavy (non-hydrogen) atoms. The quantitative estimate of drug-likeness (QED) is 0.0891. The molecule has 0 heterocycles. The number of ether oxygens (including phenoxy) is 2. The maximum absolute atomic E-state index is 13.3. The zero-order chi connectivity index (χ0) is 32.3. The molecule has 0 spiro atoms. The van der Waals surface area contributed by atoms with Crippen molar-refractivity contribution < 1.29 is 28.7 Å². The molecule has 0 aliphatic carbocycles. The molecule has 0 aliphatic heterocycles. The number of hydrogen-bond acceptors (Lipinski definition) is 8. The van der Waals surface area contributed by atoms with Crippen molar-refractivity contribution in [1.29, 1.82) is 0 Å². The monoisotopic (exact) mass is 640 g/mol. The second-order valence-electron chi connectivity index (χ2n) is 9.38. The minimum atomic E-state index is -0.692. The Hall–Kier alpha value is -5.46. The fourth-order valence-corrected chi connectivity index (χ4v) is 4.75. The maximum atomic E-state index is 13.3. The number of benzene rings is 4. The van der Waals surface area contributed by atoms with Crippen LogP contribution in [-0.4, -0.2) is 33.7 Å². The molecule has 0 bridgehead atoms. The summed E-state index contributed by atoms with van der Waals surface area (Å²) in [5.74, 6) is -2.03. The lowest BCUT2D eigenvalue weighted by molar-refractivity contribution is -0.132. The highest BCUT2D eigenvalue weighted by Gasteiger charge is 2.24. The fourth-order valence-electron chi connectivity index (χ4n) is 4.11. The zero-order valence-corrected chi connectivity index (χ0v) is 25.9. The lowest BCUT2D eigenvalue weighted by Gasteiger charge is -2.28. The predicted molar refractivity (Wildman–Crippen MR) is 178 cm³/mol.